The number of ether oxygens (including phenoxy) is 2. The van der Waals surface area contributed by atoms with E-state index in [1.54, 1.807) is 6.92 Å². The molecule has 0 aromatic rings. The van der Waals surface area contributed by atoms with Crippen molar-refractivity contribution >= 4 is 18.5 Å². The van der Waals surface area contributed by atoms with Crippen molar-refractivity contribution in [2.75, 3.05) is 6.61 Å². The fraction of sp³-hybridized carbons (Fsp3) is 0.462. The van der Waals surface area contributed by atoms with Crippen LogP contribution in [0.3, 0.4) is 0 Å². The van der Waals surface area contributed by atoms with E-state index in [2.05, 4.69) is 20.9 Å². The quantitative estimate of drug-likeness (QED) is 0.472. The van der Waals surface area contributed by atoms with Gasteiger partial charge in [-0.3, -0.25) is 4.79 Å². The van der Waals surface area contributed by atoms with Gasteiger partial charge < -0.3 is 14.8 Å². The molecule has 1 aliphatic heterocycles. The molecule has 19 heavy (non-hydrogen) atoms. The molecule has 1 heterocycles. The van der Waals surface area contributed by atoms with Crippen molar-refractivity contribution in [3.63, 3.8) is 0 Å². The Morgan fingerprint density at radius 3 is 2.68 bits per heavy atom. The third kappa shape index (κ3) is 5.37. The van der Waals surface area contributed by atoms with E-state index in [-0.39, 0.29) is 0 Å². The lowest BCUT2D eigenvalue weighted by Gasteiger charge is -2.09. The van der Waals surface area contributed by atoms with Gasteiger partial charge in [-0.25, -0.2) is 9.59 Å². The van der Waals surface area contributed by atoms with E-state index in [1.165, 1.54) is 0 Å². The molecule has 2 atom stereocenters. The zero-order valence-corrected chi connectivity index (χ0v) is 10.7. The van der Waals surface area contributed by atoms with Crippen LogP contribution in [0.4, 0.5) is 4.79 Å². The summed E-state index contributed by atoms with van der Waals surface area (Å²) in [7, 11) is 0. The number of carbonyl (C=O) groups excluding carboxylic acids is 3. The Bertz CT molecular complexity index is 388. The second-order valence-electron chi connectivity index (χ2n) is 4.05. The van der Waals surface area contributed by atoms with Crippen molar-refractivity contribution < 1.29 is 23.9 Å². The van der Waals surface area contributed by atoms with Crippen molar-refractivity contribution in [1.82, 2.24) is 5.32 Å². The van der Waals surface area contributed by atoms with Gasteiger partial charge in [0.1, 0.15) is 6.04 Å². The Morgan fingerprint density at radius 2 is 2.26 bits per heavy atom. The van der Waals surface area contributed by atoms with Crippen molar-refractivity contribution in [2.45, 2.75) is 25.8 Å². The third-order valence-corrected chi connectivity index (χ3v) is 2.63. The molecule has 0 spiro atoms. The Balaban J connectivity index is 0.000000191. The normalized spacial score (nSPS) is 24.1. The molecule has 104 valence electrons. The maximum absolute atomic E-state index is 10.5. The predicted octanol–water partition coefficient (Wildman–Crippen LogP) is 1.32. The molecule has 0 aromatic carbocycles. The molecule has 0 bridgehead atoms. The molecule has 1 saturated heterocycles. The SMILES string of the molecule is CCC1NC(=O)OC1=O.O=COCC1C=CC=CC1. The number of rotatable bonds is 4. The molecule has 1 N–H and O–H groups in total. The number of hydrogen-bond acceptors (Lipinski definition) is 5. The van der Waals surface area contributed by atoms with Gasteiger partial charge in [0.2, 0.25) is 0 Å². The highest BCUT2D eigenvalue weighted by atomic mass is 16.6. The lowest BCUT2D eigenvalue weighted by molar-refractivity contribution is -0.135. The lowest BCUT2D eigenvalue weighted by Crippen LogP contribution is -2.27. The van der Waals surface area contributed by atoms with Crippen LogP contribution in [0.2, 0.25) is 0 Å². The summed E-state index contributed by atoms with van der Waals surface area (Å²) in [6.07, 6.45) is 9.02. The lowest BCUT2D eigenvalue weighted by atomic mass is 10.0. The number of nitrogens with one attached hydrogen (secondary N) is 1. The minimum atomic E-state index is -0.633. The molecule has 2 unspecified atom stereocenters. The van der Waals surface area contributed by atoms with E-state index in [1.807, 2.05) is 18.2 Å². The van der Waals surface area contributed by atoms with Crippen LogP contribution in [0.15, 0.2) is 24.3 Å². The molecule has 0 radical (unpaired) electrons. The Kier molecular flexibility index (Phi) is 6.35. The van der Waals surface area contributed by atoms with Crippen molar-refractivity contribution in [2.24, 2.45) is 5.92 Å². The second-order valence-corrected chi connectivity index (χ2v) is 4.05. The van der Waals surface area contributed by atoms with E-state index in [0.717, 1.165) is 6.42 Å². The highest BCUT2D eigenvalue weighted by molar-refractivity contribution is 5.95. The summed E-state index contributed by atoms with van der Waals surface area (Å²) in [5.41, 5.74) is 0. The number of esters is 1. The molecule has 1 amide bonds. The number of allylic oxidation sites excluding steroid dienone is 3. The summed E-state index contributed by atoms with van der Waals surface area (Å²) >= 11 is 0. The van der Waals surface area contributed by atoms with E-state index in [9.17, 15) is 14.4 Å². The molecule has 1 aliphatic carbocycles. The second kappa shape index (κ2) is 8.07. The molecule has 6 nitrogen and oxygen atoms in total. The number of alkyl carbamates (subject to hydrolysis) is 1. The smallest absolute Gasteiger partial charge is 0.415 e. The largest absolute Gasteiger partial charge is 0.467 e. The molecule has 2 aliphatic rings. The first-order chi connectivity index (χ1) is 9.17. The maximum atomic E-state index is 10.5. The summed E-state index contributed by atoms with van der Waals surface area (Å²) in [5.74, 6) is -0.0855. The first-order valence-electron chi connectivity index (χ1n) is 6.08. The fourth-order valence-electron chi connectivity index (χ4n) is 1.58. The topological polar surface area (TPSA) is 81.7 Å². The molecular formula is C13H17NO5. The minimum absolute atomic E-state index is 0.384. The minimum Gasteiger partial charge on any atom is -0.467 e. The standard InChI is InChI=1S/C8H10O2.C5H7NO3/c9-7-10-6-8-4-2-1-3-5-8;1-2-3-4(7)9-5(8)6-3/h1-4,7-8H,5-6H2;3H,2H2,1H3,(H,6,8). The van der Waals surface area contributed by atoms with Gasteiger partial charge in [0, 0.05) is 5.92 Å². The van der Waals surface area contributed by atoms with Gasteiger partial charge in [-0.05, 0) is 12.8 Å². The van der Waals surface area contributed by atoms with Gasteiger partial charge in [0.05, 0.1) is 6.61 Å². The van der Waals surface area contributed by atoms with Crippen LogP contribution in [-0.2, 0) is 19.1 Å². The van der Waals surface area contributed by atoms with Gasteiger partial charge in [0.15, 0.2) is 0 Å². The van der Waals surface area contributed by atoms with Crippen LogP contribution < -0.4 is 5.32 Å². The summed E-state index contributed by atoms with van der Waals surface area (Å²) in [6.45, 7) is 2.80. The highest BCUT2D eigenvalue weighted by Crippen LogP contribution is 2.10. The summed E-state index contributed by atoms with van der Waals surface area (Å²) in [4.78, 5) is 30.6. The molecule has 0 saturated carbocycles. The summed E-state index contributed by atoms with van der Waals surface area (Å²) in [6, 6.07) is -0.419. The van der Waals surface area contributed by atoms with Crippen LogP contribution in [0.1, 0.15) is 19.8 Å². The Morgan fingerprint density at radius 1 is 1.47 bits per heavy atom. The van der Waals surface area contributed by atoms with Gasteiger partial charge in [-0.15, -0.1) is 0 Å². The van der Waals surface area contributed by atoms with Crippen LogP contribution in [0.5, 0.6) is 0 Å². The average molecular weight is 267 g/mol. The first-order valence-corrected chi connectivity index (χ1v) is 6.08. The molecule has 6 heteroatoms. The number of hydrogen-bond donors (Lipinski definition) is 1. The molecule has 1 fully saturated rings. The zero-order valence-electron chi connectivity index (χ0n) is 10.7. The van der Waals surface area contributed by atoms with Crippen molar-refractivity contribution in [3.8, 4) is 0 Å². The monoisotopic (exact) mass is 267 g/mol. The van der Waals surface area contributed by atoms with Gasteiger partial charge in [-0.2, -0.15) is 0 Å². The third-order valence-electron chi connectivity index (χ3n) is 2.63. The average Bonchev–Trinajstić information content (AvgIpc) is 2.76. The van der Waals surface area contributed by atoms with Gasteiger partial charge in [0.25, 0.3) is 6.47 Å². The van der Waals surface area contributed by atoms with Gasteiger partial charge in [-0.1, -0.05) is 31.2 Å². The Labute approximate surface area is 111 Å². The molecule has 0 aromatic heterocycles. The number of carbonyl (C=O) groups is 3. The summed E-state index contributed by atoms with van der Waals surface area (Å²) in [5, 5.41) is 2.34. The molecule has 2 rings (SSSR count). The fourth-order valence-corrected chi connectivity index (χ4v) is 1.58. The zero-order chi connectivity index (χ0) is 14.1. The van der Waals surface area contributed by atoms with Gasteiger partial charge >= 0.3 is 12.1 Å². The van der Waals surface area contributed by atoms with E-state index < -0.39 is 18.1 Å². The Hall–Kier alpha value is -2.11. The van der Waals surface area contributed by atoms with Crippen LogP contribution >= 0.6 is 0 Å². The van der Waals surface area contributed by atoms with E-state index in [4.69, 9.17) is 0 Å². The van der Waals surface area contributed by atoms with E-state index in [0.29, 0.717) is 25.4 Å². The number of cyclic esters (lactones) is 2. The van der Waals surface area contributed by atoms with Crippen LogP contribution in [-0.4, -0.2) is 31.2 Å². The highest BCUT2D eigenvalue weighted by Gasteiger charge is 2.30. The van der Waals surface area contributed by atoms with E-state index >= 15 is 0 Å². The number of amides is 1. The van der Waals surface area contributed by atoms with Crippen LogP contribution in [0, 0.1) is 5.92 Å². The van der Waals surface area contributed by atoms with Crippen molar-refractivity contribution in [1.29, 1.82) is 0 Å². The maximum Gasteiger partial charge on any atom is 0.415 e. The molecular weight excluding hydrogens is 250 g/mol. The van der Waals surface area contributed by atoms with Crippen molar-refractivity contribution in [3.05, 3.63) is 24.3 Å². The first kappa shape index (κ1) is 14.9. The summed E-state index contributed by atoms with van der Waals surface area (Å²) < 4.78 is 8.78. The van der Waals surface area contributed by atoms with Crippen LogP contribution in [0.25, 0.3) is 0 Å². The predicted molar refractivity (Wildman–Crippen MR) is 67.1 cm³/mol.